The molecule has 0 unspecified atom stereocenters. The van der Waals surface area contributed by atoms with E-state index in [4.69, 9.17) is 9.47 Å². The molecule has 0 fully saturated rings. The summed E-state index contributed by atoms with van der Waals surface area (Å²) >= 11 is 0. The molecule has 0 heterocycles. The van der Waals surface area contributed by atoms with Crippen LogP contribution in [0.2, 0.25) is 0 Å². The first kappa shape index (κ1) is 19.9. The molecule has 0 saturated heterocycles. The van der Waals surface area contributed by atoms with Crippen LogP contribution in [0, 0.1) is 0 Å². The minimum Gasteiger partial charge on any atom is -0.463 e. The number of rotatable bonds is 7. The van der Waals surface area contributed by atoms with Crippen LogP contribution in [-0.2, 0) is 23.6 Å². The van der Waals surface area contributed by atoms with E-state index in [1.165, 1.54) is 12.2 Å². The summed E-state index contributed by atoms with van der Waals surface area (Å²) in [7, 11) is -2.65. The Balaban J connectivity index is 3.27. The summed E-state index contributed by atoms with van der Waals surface area (Å²) in [5, 5.41) is 0.603. The van der Waals surface area contributed by atoms with Gasteiger partial charge in [0.2, 0.25) is 0 Å². The van der Waals surface area contributed by atoms with Crippen LogP contribution in [0.3, 0.4) is 0 Å². The number of hydrogen-bond acceptors (Lipinski definition) is 5. The van der Waals surface area contributed by atoms with Crippen molar-refractivity contribution >= 4 is 36.5 Å². The maximum absolute atomic E-state index is 12.7. The maximum atomic E-state index is 12.7. The molecule has 5 nitrogen and oxygen atoms in total. The fraction of sp³-hybridized carbons (Fsp3) is 0.333. The van der Waals surface area contributed by atoms with Crippen LogP contribution in [0.1, 0.15) is 25.0 Å². The first-order chi connectivity index (χ1) is 11.3. The highest BCUT2D eigenvalue weighted by Gasteiger charge is 2.18. The van der Waals surface area contributed by atoms with Gasteiger partial charge in [-0.15, -0.1) is 0 Å². The van der Waals surface area contributed by atoms with Crippen LogP contribution in [0.4, 0.5) is 0 Å². The van der Waals surface area contributed by atoms with E-state index in [0.29, 0.717) is 29.6 Å². The summed E-state index contributed by atoms with van der Waals surface area (Å²) in [5.74, 6) is -0.920. The van der Waals surface area contributed by atoms with Crippen molar-refractivity contribution in [2.24, 2.45) is 0 Å². The minimum atomic E-state index is -2.65. The molecule has 1 aromatic rings. The molecule has 6 heteroatoms. The summed E-state index contributed by atoms with van der Waals surface area (Å²) < 4.78 is 22.4. The molecule has 0 amide bonds. The lowest BCUT2D eigenvalue weighted by atomic mass is 10.1. The summed E-state index contributed by atoms with van der Waals surface area (Å²) in [4.78, 5) is 23.0. The first-order valence-corrected chi connectivity index (χ1v) is 10.3. The van der Waals surface area contributed by atoms with E-state index >= 15 is 0 Å². The zero-order valence-corrected chi connectivity index (χ0v) is 15.3. The van der Waals surface area contributed by atoms with Gasteiger partial charge in [0.25, 0.3) is 0 Å². The maximum Gasteiger partial charge on any atom is 0.330 e. The Labute approximate surface area is 142 Å². The van der Waals surface area contributed by atoms with E-state index < -0.39 is 19.1 Å². The average Bonchev–Trinajstić information content (AvgIpc) is 2.50. The van der Waals surface area contributed by atoms with Gasteiger partial charge in [-0.2, -0.15) is 0 Å². The second kappa shape index (κ2) is 9.24. The van der Waals surface area contributed by atoms with Crippen molar-refractivity contribution in [3.63, 3.8) is 0 Å². The van der Waals surface area contributed by atoms with E-state index in [1.54, 1.807) is 57.5 Å². The molecule has 0 spiro atoms. The number of carbonyl (C=O) groups excluding carboxylic acids is 2. The second-order valence-electron chi connectivity index (χ2n) is 5.31. The quantitative estimate of drug-likeness (QED) is 0.429. The van der Waals surface area contributed by atoms with Gasteiger partial charge in [-0.05, 0) is 50.5 Å². The predicted molar refractivity (Wildman–Crippen MR) is 96.9 cm³/mol. The van der Waals surface area contributed by atoms with Crippen LogP contribution in [0.25, 0.3) is 12.2 Å². The Kier molecular flexibility index (Phi) is 7.66. The van der Waals surface area contributed by atoms with Gasteiger partial charge < -0.3 is 14.0 Å². The summed E-state index contributed by atoms with van der Waals surface area (Å²) in [6.45, 7) is 7.32. The van der Waals surface area contributed by atoms with E-state index in [0.717, 1.165) is 0 Å². The molecule has 0 aromatic heterocycles. The molecule has 0 radical (unpaired) electrons. The van der Waals surface area contributed by atoms with Crippen molar-refractivity contribution < 1.29 is 23.6 Å². The number of benzene rings is 1. The average molecular weight is 350 g/mol. The third kappa shape index (κ3) is 6.17. The Morgan fingerprint density at radius 1 is 0.958 bits per heavy atom. The molecular formula is C18H23O5P. The van der Waals surface area contributed by atoms with Gasteiger partial charge >= 0.3 is 11.9 Å². The third-order valence-corrected chi connectivity index (χ3v) is 4.60. The highest BCUT2D eigenvalue weighted by molar-refractivity contribution is 7.70. The summed E-state index contributed by atoms with van der Waals surface area (Å²) in [5.41, 5.74) is 1.31. The Bertz CT molecular complexity index is 651. The van der Waals surface area contributed by atoms with Gasteiger partial charge in [-0.1, -0.05) is 18.2 Å². The zero-order valence-electron chi connectivity index (χ0n) is 14.4. The highest BCUT2D eigenvalue weighted by atomic mass is 31.2. The standard InChI is InChI=1S/C18H23O5P/c1-5-22-16(19)12-10-14-8-7-9-15(18(14)24(3,4)21)11-13-17(20)23-6-2/h7-13H,5-6H2,1-4H3/b12-10+,13-11+. The van der Waals surface area contributed by atoms with Gasteiger partial charge in [-0.25, -0.2) is 9.59 Å². The Morgan fingerprint density at radius 3 is 1.71 bits per heavy atom. The Hall–Kier alpha value is -2.13. The van der Waals surface area contributed by atoms with Crippen molar-refractivity contribution in [2.75, 3.05) is 26.5 Å². The van der Waals surface area contributed by atoms with Crippen molar-refractivity contribution in [1.29, 1.82) is 0 Å². The number of esters is 2. The molecule has 0 aliphatic carbocycles. The molecule has 130 valence electrons. The van der Waals surface area contributed by atoms with Crippen LogP contribution in [0.5, 0.6) is 0 Å². The molecule has 0 bridgehead atoms. The lowest BCUT2D eigenvalue weighted by Crippen LogP contribution is -2.12. The van der Waals surface area contributed by atoms with Crippen LogP contribution < -0.4 is 5.30 Å². The first-order valence-electron chi connectivity index (χ1n) is 7.67. The largest absolute Gasteiger partial charge is 0.463 e. The molecule has 0 aliphatic rings. The lowest BCUT2D eigenvalue weighted by molar-refractivity contribution is -0.138. The minimum absolute atomic E-state index is 0.290. The fourth-order valence-corrected chi connectivity index (χ4v) is 3.71. The van der Waals surface area contributed by atoms with E-state index in [9.17, 15) is 14.2 Å². The fourth-order valence-electron chi connectivity index (χ4n) is 2.17. The topological polar surface area (TPSA) is 69.7 Å². The van der Waals surface area contributed by atoms with E-state index in [-0.39, 0.29) is 0 Å². The smallest absolute Gasteiger partial charge is 0.330 e. The molecule has 24 heavy (non-hydrogen) atoms. The van der Waals surface area contributed by atoms with Crippen molar-refractivity contribution in [2.45, 2.75) is 13.8 Å². The molecule has 0 N–H and O–H groups in total. The monoisotopic (exact) mass is 350 g/mol. The van der Waals surface area contributed by atoms with Crippen molar-refractivity contribution in [3.05, 3.63) is 41.5 Å². The van der Waals surface area contributed by atoms with Crippen molar-refractivity contribution in [3.8, 4) is 0 Å². The van der Waals surface area contributed by atoms with Gasteiger partial charge in [0.15, 0.2) is 0 Å². The van der Waals surface area contributed by atoms with Crippen LogP contribution >= 0.6 is 7.14 Å². The van der Waals surface area contributed by atoms with Crippen LogP contribution in [-0.4, -0.2) is 38.5 Å². The number of carbonyl (C=O) groups is 2. The van der Waals surface area contributed by atoms with Gasteiger partial charge in [0, 0.05) is 17.5 Å². The molecule has 1 aromatic carbocycles. The second-order valence-corrected chi connectivity index (χ2v) is 8.46. The van der Waals surface area contributed by atoms with E-state index in [2.05, 4.69) is 0 Å². The van der Waals surface area contributed by atoms with Gasteiger partial charge in [-0.3, -0.25) is 0 Å². The molecular weight excluding hydrogens is 327 g/mol. The number of ether oxygens (including phenoxy) is 2. The lowest BCUT2D eigenvalue weighted by Gasteiger charge is -2.14. The van der Waals surface area contributed by atoms with Gasteiger partial charge in [0.1, 0.15) is 7.14 Å². The Morgan fingerprint density at radius 2 is 1.38 bits per heavy atom. The normalized spacial score (nSPS) is 11.8. The molecule has 0 aliphatic heterocycles. The summed E-state index contributed by atoms with van der Waals surface area (Å²) in [6.07, 6.45) is 5.76. The zero-order chi connectivity index (χ0) is 18.2. The predicted octanol–water partition coefficient (Wildman–Crippen LogP) is 3.09. The molecule has 0 saturated carbocycles. The van der Waals surface area contributed by atoms with E-state index in [1.807, 2.05) is 0 Å². The highest BCUT2D eigenvalue weighted by Crippen LogP contribution is 2.38. The van der Waals surface area contributed by atoms with Crippen molar-refractivity contribution in [1.82, 2.24) is 0 Å². The van der Waals surface area contributed by atoms with Gasteiger partial charge in [0.05, 0.1) is 13.2 Å². The summed E-state index contributed by atoms with van der Waals surface area (Å²) in [6, 6.07) is 5.31. The molecule has 1 rings (SSSR count). The SMILES string of the molecule is CCOC(=O)/C=C/c1cccc(/C=C/C(=O)OCC)c1P(C)(C)=O. The molecule has 0 atom stereocenters. The number of hydrogen-bond donors (Lipinski definition) is 0. The third-order valence-electron chi connectivity index (χ3n) is 3.01. The van der Waals surface area contributed by atoms with Crippen LogP contribution in [0.15, 0.2) is 30.4 Å².